The number of hydrogen-bond acceptors (Lipinski definition) is 4. The molecular formula is C21H27N3O. The number of likely N-dealkylation sites (tertiary alicyclic amines) is 1. The molecule has 0 aliphatic carbocycles. The second-order valence-corrected chi connectivity index (χ2v) is 7.46. The van der Waals surface area contributed by atoms with E-state index in [1.165, 1.54) is 11.1 Å². The van der Waals surface area contributed by atoms with Crippen LogP contribution >= 0.6 is 0 Å². The van der Waals surface area contributed by atoms with Gasteiger partial charge in [-0.1, -0.05) is 24.3 Å². The van der Waals surface area contributed by atoms with Crippen molar-refractivity contribution in [3.05, 3.63) is 65.5 Å². The van der Waals surface area contributed by atoms with Gasteiger partial charge >= 0.3 is 0 Å². The first-order valence-corrected chi connectivity index (χ1v) is 9.29. The van der Waals surface area contributed by atoms with Gasteiger partial charge in [0.1, 0.15) is 0 Å². The summed E-state index contributed by atoms with van der Waals surface area (Å²) in [7, 11) is 2.28. The van der Waals surface area contributed by atoms with Gasteiger partial charge in [-0.2, -0.15) is 0 Å². The smallest absolute Gasteiger partial charge is 0.0918 e. The third kappa shape index (κ3) is 3.10. The van der Waals surface area contributed by atoms with Gasteiger partial charge in [-0.05, 0) is 55.1 Å². The number of rotatable bonds is 3. The lowest BCUT2D eigenvalue weighted by atomic mass is 9.74. The number of fused-ring (bicyclic) bond motifs is 2. The minimum atomic E-state index is -0.437. The summed E-state index contributed by atoms with van der Waals surface area (Å²) in [4.78, 5) is 9.00. The molecule has 1 fully saturated rings. The number of aliphatic hydroxyl groups excluding tert-OH is 1. The minimum Gasteiger partial charge on any atom is -0.387 e. The van der Waals surface area contributed by atoms with Crippen molar-refractivity contribution in [2.24, 2.45) is 0 Å². The normalized spacial score (nSPS) is 21.8. The Morgan fingerprint density at radius 2 is 1.80 bits per heavy atom. The molecule has 0 amide bonds. The summed E-state index contributed by atoms with van der Waals surface area (Å²) in [5, 5.41) is 10.5. The molecule has 25 heavy (non-hydrogen) atoms. The predicted octanol–water partition coefficient (Wildman–Crippen LogP) is 2.59. The van der Waals surface area contributed by atoms with Crippen molar-refractivity contribution in [1.82, 2.24) is 14.8 Å². The van der Waals surface area contributed by atoms with Crippen LogP contribution in [0, 0.1) is 0 Å². The molecule has 1 aromatic carbocycles. The van der Waals surface area contributed by atoms with Gasteiger partial charge in [0.25, 0.3) is 0 Å². The number of likely N-dealkylation sites (N-methyl/N-ethyl adjacent to an activating group) is 1. The van der Waals surface area contributed by atoms with Gasteiger partial charge in [0.05, 0.1) is 6.10 Å². The average Bonchev–Trinajstić information content (AvgIpc) is 2.67. The van der Waals surface area contributed by atoms with E-state index < -0.39 is 6.10 Å². The van der Waals surface area contributed by atoms with Crippen LogP contribution < -0.4 is 0 Å². The Labute approximate surface area is 150 Å². The Morgan fingerprint density at radius 1 is 1.08 bits per heavy atom. The molecular weight excluding hydrogens is 310 g/mol. The molecule has 4 heteroatoms. The second-order valence-electron chi connectivity index (χ2n) is 7.46. The van der Waals surface area contributed by atoms with Crippen LogP contribution in [0.5, 0.6) is 0 Å². The molecule has 132 valence electrons. The van der Waals surface area contributed by atoms with Crippen LogP contribution in [0.4, 0.5) is 0 Å². The maximum absolute atomic E-state index is 10.5. The molecule has 1 N–H and O–H groups in total. The largest absolute Gasteiger partial charge is 0.387 e. The zero-order valence-electron chi connectivity index (χ0n) is 14.9. The number of nitrogens with zero attached hydrogens (tertiary/aromatic N) is 3. The molecule has 4 rings (SSSR count). The molecule has 3 heterocycles. The maximum atomic E-state index is 10.5. The summed E-state index contributed by atoms with van der Waals surface area (Å²) in [6.07, 6.45) is 6.47. The molecule has 1 aromatic heterocycles. The van der Waals surface area contributed by atoms with E-state index in [4.69, 9.17) is 0 Å². The van der Waals surface area contributed by atoms with Crippen molar-refractivity contribution in [3.8, 4) is 0 Å². The van der Waals surface area contributed by atoms with Crippen LogP contribution in [0.3, 0.4) is 0 Å². The van der Waals surface area contributed by atoms with Gasteiger partial charge in [0.15, 0.2) is 0 Å². The monoisotopic (exact) mass is 337 g/mol. The fourth-order valence-electron chi connectivity index (χ4n) is 4.59. The Kier molecular flexibility index (Phi) is 4.59. The fourth-order valence-corrected chi connectivity index (χ4v) is 4.59. The zero-order chi connectivity index (χ0) is 17.3. The summed E-state index contributed by atoms with van der Waals surface area (Å²) in [5.41, 5.74) is 4.17. The molecule has 2 aliphatic heterocycles. The second kappa shape index (κ2) is 6.87. The van der Waals surface area contributed by atoms with Crippen LogP contribution in [0.1, 0.15) is 35.6 Å². The highest BCUT2D eigenvalue weighted by atomic mass is 16.3. The van der Waals surface area contributed by atoms with E-state index in [2.05, 4.69) is 46.1 Å². The van der Waals surface area contributed by atoms with E-state index in [-0.39, 0.29) is 5.54 Å². The highest BCUT2D eigenvalue weighted by Crippen LogP contribution is 2.42. The lowest BCUT2D eigenvalue weighted by Crippen LogP contribution is -2.55. The van der Waals surface area contributed by atoms with Crippen molar-refractivity contribution in [2.75, 3.05) is 33.2 Å². The Morgan fingerprint density at radius 3 is 2.56 bits per heavy atom. The summed E-state index contributed by atoms with van der Waals surface area (Å²) < 4.78 is 0. The fraction of sp³-hybridized carbons (Fsp3) is 0.476. The highest BCUT2D eigenvalue weighted by molar-refractivity contribution is 5.37. The maximum Gasteiger partial charge on any atom is 0.0918 e. The molecule has 1 unspecified atom stereocenters. The first-order valence-electron chi connectivity index (χ1n) is 9.29. The van der Waals surface area contributed by atoms with Gasteiger partial charge in [0, 0.05) is 44.1 Å². The molecule has 0 saturated carbocycles. The minimum absolute atomic E-state index is 0.174. The first kappa shape index (κ1) is 16.7. The van der Waals surface area contributed by atoms with Crippen molar-refractivity contribution >= 4 is 0 Å². The van der Waals surface area contributed by atoms with Crippen molar-refractivity contribution in [1.29, 1.82) is 0 Å². The van der Waals surface area contributed by atoms with E-state index in [1.807, 2.05) is 12.1 Å². The summed E-state index contributed by atoms with van der Waals surface area (Å²) >= 11 is 0. The molecule has 1 atom stereocenters. The lowest BCUT2D eigenvalue weighted by molar-refractivity contribution is 0.0117. The van der Waals surface area contributed by atoms with E-state index in [0.29, 0.717) is 6.54 Å². The Bertz CT molecular complexity index is 710. The van der Waals surface area contributed by atoms with E-state index in [1.54, 1.807) is 12.4 Å². The number of pyridine rings is 1. The lowest BCUT2D eigenvalue weighted by Gasteiger charge is -2.51. The Hall–Kier alpha value is -1.75. The molecule has 1 saturated heterocycles. The van der Waals surface area contributed by atoms with Crippen molar-refractivity contribution in [3.63, 3.8) is 0 Å². The average molecular weight is 337 g/mol. The van der Waals surface area contributed by atoms with Crippen LogP contribution in [0.25, 0.3) is 0 Å². The summed E-state index contributed by atoms with van der Waals surface area (Å²) in [5.74, 6) is 0. The van der Waals surface area contributed by atoms with Gasteiger partial charge in [0.2, 0.25) is 0 Å². The van der Waals surface area contributed by atoms with Gasteiger partial charge in [-0.15, -0.1) is 0 Å². The highest BCUT2D eigenvalue weighted by Gasteiger charge is 2.42. The number of aromatic nitrogens is 1. The van der Waals surface area contributed by atoms with Crippen LogP contribution in [0.2, 0.25) is 0 Å². The third-order valence-corrected chi connectivity index (χ3v) is 6.17. The quantitative estimate of drug-likeness (QED) is 0.934. The molecule has 0 radical (unpaired) electrons. The van der Waals surface area contributed by atoms with Crippen LogP contribution in [-0.2, 0) is 12.0 Å². The van der Waals surface area contributed by atoms with Crippen molar-refractivity contribution in [2.45, 2.75) is 30.9 Å². The summed E-state index contributed by atoms with van der Waals surface area (Å²) in [6.45, 7) is 3.89. The number of β-amino-alcohol motifs (C(OH)–C–C–N with tert-alkyl or cyclic N) is 1. The number of piperidine rings is 1. The molecule has 2 aromatic rings. The Balaban J connectivity index is 1.46. The van der Waals surface area contributed by atoms with E-state index in [9.17, 15) is 5.11 Å². The van der Waals surface area contributed by atoms with Gasteiger partial charge in [-0.25, -0.2) is 0 Å². The standard InChI is InChI=1S/C21H27N3O/c1-23-13-8-17-4-2-3-5-19(17)21(23)9-14-24(15-10-21)16-20(25)18-6-11-22-12-7-18/h2-7,11-12,20,25H,8-10,13-16H2,1H3. The number of aliphatic hydroxyl groups is 1. The van der Waals surface area contributed by atoms with Crippen LogP contribution in [-0.4, -0.2) is 53.1 Å². The number of benzene rings is 1. The molecule has 2 aliphatic rings. The van der Waals surface area contributed by atoms with Crippen molar-refractivity contribution < 1.29 is 5.11 Å². The topological polar surface area (TPSA) is 39.6 Å². The zero-order valence-corrected chi connectivity index (χ0v) is 14.9. The molecule has 0 bridgehead atoms. The van der Waals surface area contributed by atoms with E-state index >= 15 is 0 Å². The van der Waals surface area contributed by atoms with Gasteiger partial charge < -0.3 is 10.0 Å². The van der Waals surface area contributed by atoms with Gasteiger partial charge in [-0.3, -0.25) is 9.88 Å². The van der Waals surface area contributed by atoms with Crippen LogP contribution in [0.15, 0.2) is 48.8 Å². The molecule has 1 spiro atoms. The number of hydrogen-bond donors (Lipinski definition) is 1. The summed E-state index contributed by atoms with van der Waals surface area (Å²) in [6, 6.07) is 12.8. The predicted molar refractivity (Wildman–Crippen MR) is 99.3 cm³/mol. The first-order chi connectivity index (χ1) is 12.2. The van der Waals surface area contributed by atoms with E-state index in [0.717, 1.165) is 44.5 Å². The SMILES string of the molecule is CN1CCc2ccccc2C12CCN(CC(O)c1ccncc1)CC2. The third-order valence-electron chi connectivity index (χ3n) is 6.17. The molecule has 4 nitrogen and oxygen atoms in total.